The lowest BCUT2D eigenvalue weighted by Gasteiger charge is -2.24. The number of benzene rings is 2. The average molecular weight is 376 g/mol. The zero-order valence-corrected chi connectivity index (χ0v) is 14.4. The van der Waals surface area contributed by atoms with E-state index < -0.39 is 16.9 Å². The minimum atomic E-state index is -0.846. The molecule has 2 aromatic rings. The number of ether oxygens (including phenoxy) is 2. The molecule has 0 aromatic heterocycles. The maximum atomic E-state index is 12.2. The minimum Gasteiger partial charge on any atom is -0.485 e. The monoisotopic (exact) mass is 375 g/mol. The van der Waals surface area contributed by atoms with E-state index in [2.05, 4.69) is 10.5 Å². The Morgan fingerprint density at radius 1 is 1.31 bits per heavy atom. The molecule has 0 spiro atoms. The molecule has 1 aliphatic heterocycles. The van der Waals surface area contributed by atoms with Crippen molar-refractivity contribution in [2.45, 2.75) is 13.0 Å². The van der Waals surface area contributed by atoms with E-state index in [1.807, 2.05) is 6.07 Å². The summed E-state index contributed by atoms with van der Waals surface area (Å²) in [5.74, 6) is 0.569. The second kappa shape index (κ2) is 7.40. The molecule has 1 atom stereocenters. The van der Waals surface area contributed by atoms with Crippen LogP contribution in [0.3, 0.4) is 0 Å². The fourth-order valence-electron chi connectivity index (χ4n) is 2.30. The first kappa shape index (κ1) is 17.7. The summed E-state index contributed by atoms with van der Waals surface area (Å²) in [4.78, 5) is 22.6. The predicted octanol–water partition coefficient (Wildman–Crippen LogP) is 2.93. The minimum absolute atomic E-state index is 0.0296. The number of hydrogen-bond acceptors (Lipinski definition) is 6. The topological polar surface area (TPSA) is 103 Å². The smallest absolute Gasteiger partial charge is 0.288 e. The number of halogens is 1. The Morgan fingerprint density at radius 3 is 2.77 bits per heavy atom. The number of para-hydroxylation sites is 2. The van der Waals surface area contributed by atoms with Crippen LogP contribution >= 0.6 is 11.6 Å². The Kier molecular flexibility index (Phi) is 5.04. The van der Waals surface area contributed by atoms with Gasteiger partial charge in [-0.3, -0.25) is 14.9 Å². The number of nitrogens with one attached hydrogen (secondary N) is 1. The van der Waals surface area contributed by atoms with Gasteiger partial charge in [-0.15, -0.1) is 0 Å². The molecule has 1 amide bonds. The van der Waals surface area contributed by atoms with Crippen molar-refractivity contribution in [3.63, 3.8) is 0 Å². The number of nitro benzene ring substituents is 1. The number of fused-ring (bicyclic) bond motifs is 1. The molecule has 0 saturated heterocycles. The number of carbonyl (C=O) groups is 1. The van der Waals surface area contributed by atoms with Gasteiger partial charge in [-0.25, -0.2) is 5.43 Å². The van der Waals surface area contributed by atoms with Crippen LogP contribution in [0.1, 0.15) is 12.5 Å². The summed E-state index contributed by atoms with van der Waals surface area (Å²) >= 11 is 5.78. The zero-order valence-electron chi connectivity index (χ0n) is 13.6. The van der Waals surface area contributed by atoms with Gasteiger partial charge in [-0.1, -0.05) is 29.8 Å². The molecule has 0 aliphatic carbocycles. The lowest BCUT2D eigenvalue weighted by Crippen LogP contribution is -2.42. The molecule has 8 nitrogen and oxygen atoms in total. The third kappa shape index (κ3) is 3.75. The first-order valence-corrected chi connectivity index (χ1v) is 8.00. The maximum absolute atomic E-state index is 12.2. The van der Waals surface area contributed by atoms with Crippen molar-refractivity contribution in [2.75, 3.05) is 6.61 Å². The van der Waals surface area contributed by atoms with Gasteiger partial charge in [0.15, 0.2) is 11.5 Å². The molecule has 26 heavy (non-hydrogen) atoms. The van der Waals surface area contributed by atoms with E-state index >= 15 is 0 Å². The highest BCUT2D eigenvalue weighted by molar-refractivity contribution is 6.32. The van der Waals surface area contributed by atoms with Gasteiger partial charge < -0.3 is 9.47 Å². The largest absolute Gasteiger partial charge is 0.485 e. The second-order valence-corrected chi connectivity index (χ2v) is 5.87. The third-order valence-electron chi connectivity index (χ3n) is 3.70. The summed E-state index contributed by atoms with van der Waals surface area (Å²) in [5.41, 5.74) is 3.00. The van der Waals surface area contributed by atoms with Crippen LogP contribution in [0, 0.1) is 10.1 Å². The van der Waals surface area contributed by atoms with E-state index in [1.54, 1.807) is 31.2 Å². The van der Waals surface area contributed by atoms with Gasteiger partial charge in [0, 0.05) is 11.6 Å². The first-order chi connectivity index (χ1) is 12.5. The molecular formula is C17H14ClN3O5. The van der Waals surface area contributed by atoms with Crippen molar-refractivity contribution in [1.82, 2.24) is 5.43 Å². The van der Waals surface area contributed by atoms with Crippen LogP contribution in [-0.2, 0) is 4.79 Å². The lowest BCUT2D eigenvalue weighted by atomic mass is 10.1. The number of rotatable bonds is 4. The Labute approximate surface area is 153 Å². The van der Waals surface area contributed by atoms with Crippen LogP contribution in [0.15, 0.2) is 47.6 Å². The number of nitro groups is 1. The van der Waals surface area contributed by atoms with Gasteiger partial charge in [0.25, 0.3) is 11.6 Å². The third-order valence-corrected chi connectivity index (χ3v) is 4.02. The maximum Gasteiger partial charge on any atom is 0.288 e. The Bertz CT molecular complexity index is 900. The van der Waals surface area contributed by atoms with E-state index in [4.69, 9.17) is 21.1 Å². The highest BCUT2D eigenvalue weighted by Gasteiger charge is 2.27. The number of hydrazone groups is 1. The average Bonchev–Trinajstić information content (AvgIpc) is 2.65. The van der Waals surface area contributed by atoms with Crippen LogP contribution < -0.4 is 14.9 Å². The van der Waals surface area contributed by atoms with Gasteiger partial charge in [-0.2, -0.15) is 5.10 Å². The van der Waals surface area contributed by atoms with Crippen molar-refractivity contribution in [2.24, 2.45) is 5.10 Å². The molecule has 9 heteroatoms. The fourth-order valence-corrected chi connectivity index (χ4v) is 2.49. The molecule has 1 aliphatic rings. The Balaban J connectivity index is 1.69. The summed E-state index contributed by atoms with van der Waals surface area (Å²) in [7, 11) is 0. The predicted molar refractivity (Wildman–Crippen MR) is 94.8 cm³/mol. The fraction of sp³-hybridized carbons (Fsp3) is 0.176. The standard InChI is InChI=1S/C17H14ClN3O5/c1-10(11-6-7-12(18)13(8-11)21(23)24)19-20-17(22)16-9-25-14-4-2-3-5-15(14)26-16/h2-8,16H,9H2,1H3,(H,20,22)/b19-10-/t16-/m0/s1. The van der Waals surface area contributed by atoms with Crippen LogP contribution in [0.2, 0.25) is 5.02 Å². The summed E-state index contributed by atoms with van der Waals surface area (Å²) < 4.78 is 11.1. The van der Waals surface area contributed by atoms with Crippen LogP contribution in [0.25, 0.3) is 0 Å². The van der Waals surface area contributed by atoms with Gasteiger partial charge in [0.05, 0.1) is 10.6 Å². The van der Waals surface area contributed by atoms with Gasteiger partial charge >= 0.3 is 0 Å². The van der Waals surface area contributed by atoms with Crippen LogP contribution in [0.5, 0.6) is 11.5 Å². The number of amides is 1. The van der Waals surface area contributed by atoms with Crippen LogP contribution in [0.4, 0.5) is 5.69 Å². The normalized spacial score (nSPS) is 16.1. The van der Waals surface area contributed by atoms with E-state index in [0.29, 0.717) is 22.8 Å². The quantitative estimate of drug-likeness (QED) is 0.502. The summed E-state index contributed by atoms with van der Waals surface area (Å²) in [6.07, 6.45) is -0.846. The van der Waals surface area contributed by atoms with Crippen molar-refractivity contribution in [3.8, 4) is 11.5 Å². The summed E-state index contributed by atoms with van der Waals surface area (Å²) in [5, 5.41) is 15.0. The SMILES string of the molecule is C/C(=N/NC(=O)[C@@H]1COc2ccccc2O1)c1ccc(Cl)c([N+](=O)[O-])c1. The van der Waals surface area contributed by atoms with E-state index in [-0.39, 0.29) is 17.3 Å². The molecule has 3 rings (SSSR count). The first-order valence-electron chi connectivity index (χ1n) is 7.62. The number of nitrogens with zero attached hydrogens (tertiary/aromatic N) is 2. The molecule has 0 radical (unpaired) electrons. The van der Waals surface area contributed by atoms with Crippen molar-refractivity contribution >= 4 is 28.9 Å². The molecule has 134 valence electrons. The summed E-state index contributed by atoms with van der Waals surface area (Å²) in [6.45, 7) is 1.67. The molecule has 1 N–H and O–H groups in total. The van der Waals surface area contributed by atoms with Gasteiger partial charge in [0.1, 0.15) is 11.6 Å². The zero-order chi connectivity index (χ0) is 18.7. The molecule has 1 heterocycles. The molecular weight excluding hydrogens is 362 g/mol. The highest BCUT2D eigenvalue weighted by Crippen LogP contribution is 2.30. The second-order valence-electron chi connectivity index (χ2n) is 5.46. The molecule has 2 aromatic carbocycles. The van der Waals surface area contributed by atoms with E-state index in [9.17, 15) is 14.9 Å². The van der Waals surface area contributed by atoms with Crippen molar-refractivity contribution < 1.29 is 19.2 Å². The Morgan fingerprint density at radius 2 is 2.04 bits per heavy atom. The van der Waals surface area contributed by atoms with Crippen LogP contribution in [-0.4, -0.2) is 29.3 Å². The molecule has 0 bridgehead atoms. The number of carbonyl (C=O) groups excluding carboxylic acids is 1. The molecule has 0 fully saturated rings. The van der Waals surface area contributed by atoms with Gasteiger partial charge in [0.2, 0.25) is 6.10 Å². The van der Waals surface area contributed by atoms with E-state index in [0.717, 1.165) is 0 Å². The molecule has 0 saturated carbocycles. The Hall–Kier alpha value is -3.13. The number of hydrogen-bond donors (Lipinski definition) is 1. The highest BCUT2D eigenvalue weighted by atomic mass is 35.5. The summed E-state index contributed by atoms with van der Waals surface area (Å²) in [6, 6.07) is 11.3. The molecule has 0 unspecified atom stereocenters. The van der Waals surface area contributed by atoms with E-state index in [1.165, 1.54) is 12.1 Å². The lowest BCUT2D eigenvalue weighted by molar-refractivity contribution is -0.384. The van der Waals surface area contributed by atoms with Crippen molar-refractivity contribution in [1.29, 1.82) is 0 Å². The van der Waals surface area contributed by atoms with Crippen molar-refractivity contribution in [3.05, 3.63) is 63.2 Å². The van der Waals surface area contributed by atoms with Gasteiger partial charge in [-0.05, 0) is 25.1 Å².